The van der Waals surface area contributed by atoms with Gasteiger partial charge in [0.05, 0.1) is 10.4 Å². The number of hydrogen-bond donors (Lipinski definition) is 0. The molecule has 0 unspecified atom stereocenters. The summed E-state index contributed by atoms with van der Waals surface area (Å²) in [7, 11) is 0. The molecule has 0 aliphatic carbocycles. The monoisotopic (exact) mass is 469 g/mol. The summed E-state index contributed by atoms with van der Waals surface area (Å²) in [5.74, 6) is 1.25. The van der Waals surface area contributed by atoms with Gasteiger partial charge < -0.3 is 0 Å². The first-order chi connectivity index (χ1) is 16.3. The van der Waals surface area contributed by atoms with Gasteiger partial charge in [0, 0.05) is 28.8 Å². The van der Waals surface area contributed by atoms with Gasteiger partial charge in [0.15, 0.2) is 16.6 Å². The second kappa shape index (κ2) is 8.53. The standard InChI is InChI=1S/C26H23N5O2S/c1-26(2,3)19-12-8-17(9-13-19)16-34-25-27-22-7-5-4-6-21(22)24-28-23(29-30(24)25)18-10-14-20(15-11-18)31(32)33/h4-15H,16H2,1-3H3. The van der Waals surface area contributed by atoms with Crippen molar-refractivity contribution in [1.82, 2.24) is 19.6 Å². The summed E-state index contributed by atoms with van der Waals surface area (Å²) in [5.41, 5.74) is 4.94. The van der Waals surface area contributed by atoms with Gasteiger partial charge in [-0.05, 0) is 40.8 Å². The van der Waals surface area contributed by atoms with E-state index in [1.165, 1.54) is 23.3 Å². The first-order valence-corrected chi connectivity index (χ1v) is 11.9. The van der Waals surface area contributed by atoms with E-state index >= 15 is 0 Å². The lowest BCUT2D eigenvalue weighted by Crippen LogP contribution is -2.10. The Hall–Kier alpha value is -3.78. The maximum Gasteiger partial charge on any atom is 0.269 e. The Morgan fingerprint density at radius 2 is 1.65 bits per heavy atom. The molecule has 3 aromatic carbocycles. The fourth-order valence-electron chi connectivity index (χ4n) is 3.73. The van der Waals surface area contributed by atoms with Crippen molar-refractivity contribution in [3.63, 3.8) is 0 Å². The third kappa shape index (κ3) is 4.24. The minimum atomic E-state index is -0.416. The molecule has 0 aliphatic heterocycles. The highest BCUT2D eigenvalue weighted by Crippen LogP contribution is 2.29. The van der Waals surface area contributed by atoms with Gasteiger partial charge in [-0.15, -0.1) is 5.10 Å². The number of rotatable bonds is 5. The van der Waals surface area contributed by atoms with Crippen molar-refractivity contribution >= 4 is 34.0 Å². The number of nitrogens with zero attached hydrogens (tertiary/aromatic N) is 5. The fraction of sp³-hybridized carbons (Fsp3) is 0.192. The van der Waals surface area contributed by atoms with Gasteiger partial charge in [-0.1, -0.05) is 68.9 Å². The lowest BCUT2D eigenvalue weighted by molar-refractivity contribution is -0.384. The van der Waals surface area contributed by atoms with Crippen LogP contribution >= 0.6 is 11.8 Å². The Morgan fingerprint density at radius 3 is 2.32 bits per heavy atom. The predicted molar refractivity (Wildman–Crippen MR) is 135 cm³/mol. The lowest BCUT2D eigenvalue weighted by Gasteiger charge is -2.19. The maximum atomic E-state index is 11.0. The number of hydrogen-bond acceptors (Lipinski definition) is 6. The smallest absolute Gasteiger partial charge is 0.258 e. The molecule has 170 valence electrons. The van der Waals surface area contributed by atoms with Gasteiger partial charge in [0.2, 0.25) is 0 Å². The summed E-state index contributed by atoms with van der Waals surface area (Å²) in [6, 6.07) is 22.8. The molecule has 5 rings (SSSR count). The molecule has 0 bridgehead atoms. The van der Waals surface area contributed by atoms with Gasteiger partial charge in [-0.3, -0.25) is 10.1 Å². The van der Waals surface area contributed by atoms with Crippen LogP contribution in [0, 0.1) is 10.1 Å². The van der Waals surface area contributed by atoms with Gasteiger partial charge >= 0.3 is 0 Å². The van der Waals surface area contributed by atoms with Crippen LogP contribution in [0.1, 0.15) is 31.9 Å². The van der Waals surface area contributed by atoms with Crippen LogP contribution in [0.15, 0.2) is 78.0 Å². The van der Waals surface area contributed by atoms with Crippen molar-refractivity contribution in [3.05, 3.63) is 94.0 Å². The van der Waals surface area contributed by atoms with E-state index in [1.54, 1.807) is 28.4 Å². The molecule has 0 saturated heterocycles. The molecular formula is C26H23N5O2S. The minimum absolute atomic E-state index is 0.0355. The Kier molecular flexibility index (Phi) is 5.53. The van der Waals surface area contributed by atoms with E-state index in [1.807, 2.05) is 24.3 Å². The molecule has 0 N–H and O–H groups in total. The Balaban J connectivity index is 1.52. The van der Waals surface area contributed by atoms with E-state index in [0.29, 0.717) is 17.0 Å². The molecule has 0 aliphatic rings. The third-order valence-corrected chi connectivity index (χ3v) is 6.67. The minimum Gasteiger partial charge on any atom is -0.258 e. The highest BCUT2D eigenvalue weighted by Gasteiger charge is 2.17. The van der Waals surface area contributed by atoms with E-state index in [2.05, 4.69) is 45.0 Å². The summed E-state index contributed by atoms with van der Waals surface area (Å²) < 4.78 is 1.77. The zero-order valence-electron chi connectivity index (χ0n) is 19.1. The first kappa shape index (κ1) is 22.0. The zero-order valence-corrected chi connectivity index (χ0v) is 19.9. The molecule has 0 atom stereocenters. The SMILES string of the molecule is CC(C)(C)c1ccc(CSc2nc3ccccc3c3nc(-c4ccc([N+](=O)[O-])cc4)nn23)cc1. The second-order valence-corrected chi connectivity index (χ2v) is 10.1. The molecule has 2 aromatic heterocycles. The van der Waals surface area contributed by atoms with Crippen molar-refractivity contribution < 1.29 is 4.92 Å². The fourth-order valence-corrected chi connectivity index (χ4v) is 4.63. The highest BCUT2D eigenvalue weighted by molar-refractivity contribution is 7.98. The summed E-state index contributed by atoms with van der Waals surface area (Å²) in [4.78, 5) is 20.2. The van der Waals surface area contributed by atoms with Crippen LogP contribution in [0.2, 0.25) is 0 Å². The van der Waals surface area contributed by atoms with Gasteiger partial charge in [0.25, 0.3) is 5.69 Å². The average Bonchev–Trinajstić information content (AvgIpc) is 3.28. The number of benzene rings is 3. The zero-order chi connectivity index (χ0) is 23.9. The summed E-state index contributed by atoms with van der Waals surface area (Å²) >= 11 is 1.61. The number of nitro groups is 1. The average molecular weight is 470 g/mol. The van der Waals surface area contributed by atoms with Gasteiger partial charge in [-0.25, -0.2) is 9.97 Å². The lowest BCUT2D eigenvalue weighted by atomic mass is 9.87. The molecular weight excluding hydrogens is 446 g/mol. The molecule has 0 amide bonds. The summed E-state index contributed by atoms with van der Waals surface area (Å²) in [6.07, 6.45) is 0. The second-order valence-electron chi connectivity index (χ2n) is 9.12. The number of fused-ring (bicyclic) bond motifs is 3. The van der Waals surface area contributed by atoms with E-state index in [9.17, 15) is 10.1 Å². The molecule has 2 heterocycles. The molecule has 5 aromatic rings. The van der Waals surface area contributed by atoms with E-state index in [4.69, 9.17) is 15.1 Å². The van der Waals surface area contributed by atoms with Crippen LogP contribution in [0.4, 0.5) is 5.69 Å². The van der Waals surface area contributed by atoms with Crippen molar-refractivity contribution in [1.29, 1.82) is 0 Å². The Labute approximate surface area is 201 Å². The van der Waals surface area contributed by atoms with E-state index in [-0.39, 0.29) is 11.1 Å². The van der Waals surface area contributed by atoms with Crippen LogP contribution in [-0.4, -0.2) is 24.5 Å². The van der Waals surface area contributed by atoms with E-state index < -0.39 is 4.92 Å². The maximum absolute atomic E-state index is 11.0. The molecule has 0 radical (unpaired) electrons. The van der Waals surface area contributed by atoms with Crippen LogP contribution in [0.3, 0.4) is 0 Å². The molecule has 0 fully saturated rings. The molecule has 0 saturated carbocycles. The van der Waals surface area contributed by atoms with Crippen molar-refractivity contribution in [3.8, 4) is 11.4 Å². The molecule has 34 heavy (non-hydrogen) atoms. The number of para-hydroxylation sites is 1. The van der Waals surface area contributed by atoms with Crippen LogP contribution in [0.5, 0.6) is 0 Å². The van der Waals surface area contributed by atoms with Crippen LogP contribution in [0.25, 0.3) is 27.9 Å². The predicted octanol–water partition coefficient (Wildman–Crippen LogP) is 6.44. The first-order valence-electron chi connectivity index (χ1n) is 10.9. The summed E-state index contributed by atoms with van der Waals surface area (Å²) in [5, 5.41) is 17.4. The quantitative estimate of drug-likeness (QED) is 0.127. The van der Waals surface area contributed by atoms with Crippen molar-refractivity contribution in [2.75, 3.05) is 0 Å². The van der Waals surface area contributed by atoms with Crippen LogP contribution < -0.4 is 0 Å². The molecule has 7 nitrogen and oxygen atoms in total. The number of non-ortho nitro benzene ring substituents is 1. The number of thioether (sulfide) groups is 1. The van der Waals surface area contributed by atoms with Crippen molar-refractivity contribution in [2.24, 2.45) is 0 Å². The Morgan fingerprint density at radius 1 is 0.941 bits per heavy atom. The normalized spacial score (nSPS) is 11.9. The highest BCUT2D eigenvalue weighted by atomic mass is 32.2. The topological polar surface area (TPSA) is 86.2 Å². The third-order valence-electron chi connectivity index (χ3n) is 5.67. The molecule has 8 heteroatoms. The van der Waals surface area contributed by atoms with Crippen molar-refractivity contribution in [2.45, 2.75) is 37.1 Å². The summed E-state index contributed by atoms with van der Waals surface area (Å²) in [6.45, 7) is 6.62. The molecule has 0 spiro atoms. The number of aromatic nitrogens is 4. The van der Waals surface area contributed by atoms with E-state index in [0.717, 1.165) is 21.8 Å². The van der Waals surface area contributed by atoms with Gasteiger partial charge in [-0.2, -0.15) is 4.52 Å². The largest absolute Gasteiger partial charge is 0.269 e. The van der Waals surface area contributed by atoms with Crippen LogP contribution in [-0.2, 0) is 11.2 Å². The number of nitro benzene ring substituents is 1. The van der Waals surface area contributed by atoms with Gasteiger partial charge in [0.1, 0.15) is 0 Å². The Bertz CT molecular complexity index is 1500.